The van der Waals surface area contributed by atoms with Crippen LogP contribution in [0.1, 0.15) is 11.3 Å². The van der Waals surface area contributed by atoms with Crippen LogP contribution in [-0.2, 0) is 0 Å². The van der Waals surface area contributed by atoms with Crippen molar-refractivity contribution in [3.8, 4) is 28.7 Å². The quantitative estimate of drug-likeness (QED) is 0.707. The summed E-state index contributed by atoms with van der Waals surface area (Å²) in [5, 5.41) is 19.2. The number of aromatic hydroxyl groups is 1. The van der Waals surface area contributed by atoms with Gasteiger partial charge in [-0.15, -0.1) is 13.2 Å². The van der Waals surface area contributed by atoms with E-state index in [1.54, 1.807) is 35.6 Å². The molecule has 0 spiro atoms. The van der Waals surface area contributed by atoms with E-state index in [-0.39, 0.29) is 26.0 Å². The number of rotatable bonds is 2. The number of nitriles is 1. The van der Waals surface area contributed by atoms with Crippen molar-refractivity contribution >= 4 is 22.6 Å². The van der Waals surface area contributed by atoms with Gasteiger partial charge in [-0.05, 0) is 47.7 Å². The summed E-state index contributed by atoms with van der Waals surface area (Å²) < 4.78 is 41.1. The van der Waals surface area contributed by atoms with Gasteiger partial charge in [0.15, 0.2) is 0 Å². The number of hydrogen-bond donors (Lipinski definition) is 2. The second-order valence-corrected chi connectivity index (χ2v) is 5.69. The molecule has 5 nitrogen and oxygen atoms in total. The first-order valence-electron chi connectivity index (χ1n) is 6.05. The van der Waals surface area contributed by atoms with Crippen molar-refractivity contribution in [2.45, 2.75) is 13.3 Å². The van der Waals surface area contributed by atoms with Crippen LogP contribution in [0.15, 0.2) is 23.0 Å². The smallest absolute Gasteiger partial charge is 0.506 e. The summed E-state index contributed by atoms with van der Waals surface area (Å²) in [4.78, 5) is 14.2. The third kappa shape index (κ3) is 3.76. The Hall–Kier alpha value is -2.22. The minimum absolute atomic E-state index is 0.0248. The van der Waals surface area contributed by atoms with Gasteiger partial charge < -0.3 is 14.8 Å². The summed E-state index contributed by atoms with van der Waals surface area (Å²) in [6.07, 6.45) is -4.90. The summed E-state index contributed by atoms with van der Waals surface area (Å²) in [5.41, 5.74) is -0.691. The third-order valence-electron chi connectivity index (χ3n) is 2.84. The lowest BCUT2D eigenvalue weighted by molar-refractivity contribution is -0.274. The average Bonchev–Trinajstić information content (AvgIpc) is 2.40. The Balaban J connectivity index is 2.74. The van der Waals surface area contributed by atoms with Gasteiger partial charge in [-0.2, -0.15) is 5.26 Å². The van der Waals surface area contributed by atoms with Crippen LogP contribution >= 0.6 is 22.6 Å². The van der Waals surface area contributed by atoms with E-state index in [1.165, 1.54) is 6.07 Å². The van der Waals surface area contributed by atoms with Crippen LogP contribution in [0.4, 0.5) is 13.2 Å². The number of nitrogens with zero attached hydrogens (tertiary/aromatic N) is 1. The highest BCUT2D eigenvalue weighted by Gasteiger charge is 2.32. The van der Waals surface area contributed by atoms with Crippen LogP contribution in [0.2, 0.25) is 0 Å². The molecule has 0 saturated carbocycles. The lowest BCUT2D eigenvalue weighted by Gasteiger charge is -2.14. The van der Waals surface area contributed by atoms with Crippen LogP contribution in [0.5, 0.6) is 11.5 Å². The number of halogens is 4. The Morgan fingerprint density at radius 3 is 2.52 bits per heavy atom. The van der Waals surface area contributed by atoms with Gasteiger partial charge in [0.25, 0.3) is 5.56 Å². The van der Waals surface area contributed by atoms with E-state index in [2.05, 4.69) is 9.72 Å². The van der Waals surface area contributed by atoms with Crippen molar-refractivity contribution in [1.29, 1.82) is 5.26 Å². The largest absolute Gasteiger partial charge is 0.573 e. The number of aryl methyl sites for hydroxylation is 1. The molecule has 0 saturated heterocycles. The van der Waals surface area contributed by atoms with Crippen molar-refractivity contribution < 1.29 is 23.0 Å². The monoisotopic (exact) mass is 436 g/mol. The first-order chi connectivity index (χ1) is 10.6. The minimum atomic E-state index is -4.90. The van der Waals surface area contributed by atoms with Gasteiger partial charge in [-0.1, -0.05) is 0 Å². The lowest BCUT2D eigenvalue weighted by Crippen LogP contribution is -2.17. The molecule has 0 amide bonds. The number of aromatic nitrogens is 1. The summed E-state index contributed by atoms with van der Waals surface area (Å²) in [7, 11) is 0. The van der Waals surface area contributed by atoms with Gasteiger partial charge in [0.1, 0.15) is 23.1 Å². The number of nitrogens with one attached hydrogen (secondary N) is 1. The summed E-state index contributed by atoms with van der Waals surface area (Å²) >= 11 is 1.63. The van der Waals surface area contributed by atoms with Crippen LogP contribution in [0.25, 0.3) is 11.1 Å². The lowest BCUT2D eigenvalue weighted by atomic mass is 10.00. The predicted molar refractivity (Wildman–Crippen MR) is 83.0 cm³/mol. The molecule has 0 fully saturated rings. The van der Waals surface area contributed by atoms with E-state index in [1.807, 2.05) is 0 Å². The molecule has 120 valence electrons. The zero-order valence-electron chi connectivity index (χ0n) is 11.5. The molecular formula is C14H8F3IN2O3. The highest BCUT2D eigenvalue weighted by molar-refractivity contribution is 14.1. The van der Waals surface area contributed by atoms with E-state index in [9.17, 15) is 23.1 Å². The third-order valence-corrected chi connectivity index (χ3v) is 3.66. The Morgan fingerprint density at radius 1 is 1.30 bits per heavy atom. The molecule has 1 aromatic carbocycles. The molecule has 0 atom stereocenters. The van der Waals surface area contributed by atoms with Crippen molar-refractivity contribution in [2.75, 3.05) is 0 Å². The number of pyridine rings is 1. The first-order valence-corrected chi connectivity index (χ1v) is 7.13. The number of benzene rings is 1. The summed E-state index contributed by atoms with van der Waals surface area (Å²) in [6.45, 7) is 1.55. The Labute approximate surface area is 141 Å². The normalized spacial score (nSPS) is 11.1. The second kappa shape index (κ2) is 6.11. The van der Waals surface area contributed by atoms with E-state index < -0.39 is 17.7 Å². The fourth-order valence-electron chi connectivity index (χ4n) is 1.98. The predicted octanol–water partition coefficient (Wildman–Crippen LogP) is 3.43. The molecule has 2 aromatic rings. The van der Waals surface area contributed by atoms with Crippen LogP contribution in [0, 0.1) is 21.8 Å². The van der Waals surface area contributed by atoms with Gasteiger partial charge in [-0.25, -0.2) is 0 Å². The Bertz CT molecular complexity index is 869. The van der Waals surface area contributed by atoms with Gasteiger partial charge >= 0.3 is 6.36 Å². The number of hydrogen-bond acceptors (Lipinski definition) is 4. The van der Waals surface area contributed by atoms with Crippen LogP contribution < -0.4 is 10.3 Å². The van der Waals surface area contributed by atoms with E-state index in [4.69, 9.17) is 5.26 Å². The molecule has 0 aliphatic rings. The molecule has 0 unspecified atom stereocenters. The molecule has 0 aliphatic carbocycles. The molecule has 0 bridgehead atoms. The van der Waals surface area contributed by atoms with Gasteiger partial charge in [0, 0.05) is 16.8 Å². The maximum absolute atomic E-state index is 12.4. The van der Waals surface area contributed by atoms with Crippen LogP contribution in [-0.4, -0.2) is 16.5 Å². The van der Waals surface area contributed by atoms with E-state index in [0.717, 1.165) is 12.1 Å². The molecular weight excluding hydrogens is 428 g/mol. The van der Waals surface area contributed by atoms with Crippen LogP contribution in [0.3, 0.4) is 0 Å². The fourth-order valence-corrected chi connectivity index (χ4v) is 2.58. The van der Waals surface area contributed by atoms with Gasteiger partial charge in [-0.3, -0.25) is 4.79 Å². The maximum Gasteiger partial charge on any atom is 0.573 e. The van der Waals surface area contributed by atoms with Gasteiger partial charge in [0.05, 0.1) is 3.57 Å². The molecule has 2 rings (SSSR count). The molecule has 0 radical (unpaired) electrons. The minimum Gasteiger partial charge on any atom is -0.506 e. The molecule has 1 heterocycles. The number of phenols is 1. The number of phenolic OH excluding ortho intramolecular Hbond substituents is 1. The zero-order chi connectivity index (χ0) is 17.4. The standard InChI is InChI=1S/C14H8F3IN2O3/c1-6-2-8(10(5-19)13(22)20-6)9-3-7(23-14(15,16)17)4-11(18)12(9)21/h2-4,21H,1H3,(H,20,22). The highest BCUT2D eigenvalue weighted by Crippen LogP contribution is 2.39. The van der Waals surface area contributed by atoms with E-state index >= 15 is 0 Å². The molecule has 2 N–H and O–H groups in total. The summed E-state index contributed by atoms with van der Waals surface area (Å²) in [5.74, 6) is -0.904. The topological polar surface area (TPSA) is 86.1 Å². The zero-order valence-corrected chi connectivity index (χ0v) is 13.6. The second-order valence-electron chi connectivity index (χ2n) is 4.53. The Morgan fingerprint density at radius 2 is 1.96 bits per heavy atom. The molecule has 9 heteroatoms. The van der Waals surface area contributed by atoms with Crippen molar-refractivity contribution in [2.24, 2.45) is 0 Å². The fraction of sp³-hybridized carbons (Fsp3) is 0.143. The number of alkyl halides is 3. The molecule has 23 heavy (non-hydrogen) atoms. The van der Waals surface area contributed by atoms with Crippen molar-refractivity contribution in [1.82, 2.24) is 4.98 Å². The summed E-state index contributed by atoms with van der Waals surface area (Å²) in [6, 6.07) is 5.00. The van der Waals surface area contributed by atoms with Gasteiger partial charge in [0.2, 0.25) is 0 Å². The first kappa shape index (κ1) is 17.1. The number of H-pyrrole nitrogens is 1. The van der Waals surface area contributed by atoms with Crippen molar-refractivity contribution in [3.05, 3.63) is 43.4 Å². The highest BCUT2D eigenvalue weighted by atomic mass is 127. The Kier molecular flexibility index (Phi) is 4.56. The number of aromatic amines is 1. The number of ether oxygens (including phenoxy) is 1. The molecule has 1 aromatic heterocycles. The van der Waals surface area contributed by atoms with E-state index in [0.29, 0.717) is 5.69 Å². The van der Waals surface area contributed by atoms with Crippen molar-refractivity contribution in [3.63, 3.8) is 0 Å². The molecule has 0 aliphatic heterocycles. The maximum atomic E-state index is 12.4. The SMILES string of the molecule is Cc1cc(-c2cc(OC(F)(F)F)cc(I)c2O)c(C#N)c(=O)[nH]1. The average molecular weight is 436 g/mol.